The first kappa shape index (κ1) is 21.3. The monoisotopic (exact) mass is 439 g/mol. The maximum atomic E-state index is 12.8. The van der Waals surface area contributed by atoms with Crippen molar-refractivity contribution in [2.75, 3.05) is 18.4 Å². The van der Waals surface area contributed by atoms with Gasteiger partial charge in [-0.15, -0.1) is 0 Å². The van der Waals surface area contributed by atoms with Crippen LogP contribution in [0.4, 0.5) is 5.69 Å². The van der Waals surface area contributed by atoms with Crippen molar-refractivity contribution in [3.05, 3.63) is 70.1 Å². The molecule has 1 aromatic heterocycles. The number of nitrogens with zero attached hydrogens (tertiary/aromatic N) is 2. The summed E-state index contributed by atoms with van der Waals surface area (Å²) in [6.07, 6.45) is 3.23. The highest BCUT2D eigenvalue weighted by molar-refractivity contribution is 7.89. The average molecular weight is 440 g/mol. The molecular formula is C23H25N3O4S. The van der Waals surface area contributed by atoms with Gasteiger partial charge in [0.15, 0.2) is 0 Å². The largest absolute Gasteiger partial charge is 0.324 e. The zero-order valence-electron chi connectivity index (χ0n) is 17.6. The molecule has 0 fully saturated rings. The molecule has 1 aliphatic carbocycles. The quantitative estimate of drug-likeness (QED) is 0.613. The molecule has 2 aromatic carbocycles. The van der Waals surface area contributed by atoms with Crippen molar-refractivity contribution in [2.45, 2.75) is 38.1 Å². The predicted octanol–water partition coefficient (Wildman–Crippen LogP) is 2.77. The Bertz CT molecular complexity index is 1310. The van der Waals surface area contributed by atoms with E-state index in [1.807, 2.05) is 24.3 Å². The minimum absolute atomic E-state index is 0.00561. The van der Waals surface area contributed by atoms with Crippen molar-refractivity contribution in [1.82, 2.24) is 8.87 Å². The molecule has 1 aliphatic rings. The van der Waals surface area contributed by atoms with Crippen LogP contribution in [0.5, 0.6) is 0 Å². The minimum atomic E-state index is -3.72. The van der Waals surface area contributed by atoms with Crippen LogP contribution in [0.2, 0.25) is 0 Å². The van der Waals surface area contributed by atoms with E-state index in [1.165, 1.54) is 39.1 Å². The SMILES string of the molecule is CCN(CC)S(=O)(=O)c1ccc(=O)n(CC(=O)Nc2ccc3c4c(cccc24)CC3)c1. The number of anilines is 1. The Labute approximate surface area is 181 Å². The standard InChI is InChI=1S/C23H25N3O4S/c1-3-26(4-2)31(29,30)18-11-13-22(28)25(14-18)15-21(27)24-20-12-10-17-9-8-16-6-5-7-19(20)23(16)17/h5-7,10-14H,3-4,8-9,15H2,1-2H3,(H,24,27). The van der Waals surface area contributed by atoms with E-state index >= 15 is 0 Å². The lowest BCUT2D eigenvalue weighted by atomic mass is 10.0. The van der Waals surface area contributed by atoms with Gasteiger partial charge < -0.3 is 9.88 Å². The van der Waals surface area contributed by atoms with Crippen LogP contribution in [0.15, 0.2) is 58.4 Å². The molecule has 0 radical (unpaired) electrons. The molecule has 7 nitrogen and oxygen atoms in total. The summed E-state index contributed by atoms with van der Waals surface area (Å²) < 4.78 is 28.0. The molecule has 0 unspecified atom stereocenters. The maximum absolute atomic E-state index is 12.8. The molecule has 0 saturated carbocycles. The Morgan fingerprint density at radius 3 is 2.45 bits per heavy atom. The number of rotatable bonds is 7. The van der Waals surface area contributed by atoms with Crippen molar-refractivity contribution in [3.8, 4) is 0 Å². The molecule has 31 heavy (non-hydrogen) atoms. The summed E-state index contributed by atoms with van der Waals surface area (Å²) in [7, 11) is -3.72. The van der Waals surface area contributed by atoms with Crippen LogP contribution >= 0.6 is 0 Å². The fourth-order valence-corrected chi connectivity index (χ4v) is 5.68. The number of aryl methyl sites for hydroxylation is 2. The van der Waals surface area contributed by atoms with Gasteiger partial charge in [-0.2, -0.15) is 4.31 Å². The highest BCUT2D eigenvalue weighted by Crippen LogP contribution is 2.34. The molecule has 0 saturated heterocycles. The average Bonchev–Trinajstić information content (AvgIpc) is 3.17. The Morgan fingerprint density at radius 1 is 1.03 bits per heavy atom. The van der Waals surface area contributed by atoms with E-state index in [1.54, 1.807) is 13.8 Å². The molecule has 162 valence electrons. The van der Waals surface area contributed by atoms with Gasteiger partial charge in [-0.3, -0.25) is 9.59 Å². The second-order valence-corrected chi connectivity index (χ2v) is 9.52. The minimum Gasteiger partial charge on any atom is -0.324 e. The first-order valence-electron chi connectivity index (χ1n) is 10.4. The number of hydrogen-bond acceptors (Lipinski definition) is 4. The summed E-state index contributed by atoms with van der Waals surface area (Å²) in [5, 5.41) is 5.05. The van der Waals surface area contributed by atoms with Crippen LogP contribution < -0.4 is 10.9 Å². The zero-order chi connectivity index (χ0) is 22.2. The van der Waals surface area contributed by atoms with Crippen LogP contribution in [0.3, 0.4) is 0 Å². The van der Waals surface area contributed by atoms with E-state index in [-0.39, 0.29) is 11.4 Å². The Kier molecular flexibility index (Phi) is 5.68. The van der Waals surface area contributed by atoms with Gasteiger partial charge in [-0.05, 0) is 41.5 Å². The fraction of sp³-hybridized carbons (Fsp3) is 0.304. The number of benzene rings is 2. The zero-order valence-corrected chi connectivity index (χ0v) is 18.4. The van der Waals surface area contributed by atoms with Crippen LogP contribution in [0.25, 0.3) is 10.8 Å². The van der Waals surface area contributed by atoms with Gasteiger partial charge in [0.25, 0.3) is 5.56 Å². The van der Waals surface area contributed by atoms with Crippen LogP contribution in [-0.4, -0.2) is 36.3 Å². The number of aromatic nitrogens is 1. The number of pyridine rings is 1. The van der Waals surface area contributed by atoms with Crippen molar-refractivity contribution in [2.24, 2.45) is 0 Å². The Hall–Kier alpha value is -2.97. The van der Waals surface area contributed by atoms with E-state index in [2.05, 4.69) is 11.4 Å². The number of amides is 1. The van der Waals surface area contributed by atoms with Gasteiger partial charge in [-0.25, -0.2) is 8.42 Å². The van der Waals surface area contributed by atoms with Gasteiger partial charge in [0, 0.05) is 36.4 Å². The van der Waals surface area contributed by atoms with Crippen molar-refractivity contribution in [3.63, 3.8) is 0 Å². The molecule has 1 heterocycles. The Morgan fingerprint density at radius 2 is 1.74 bits per heavy atom. The smallest absolute Gasteiger partial charge is 0.251 e. The second kappa shape index (κ2) is 8.28. The normalized spacial score (nSPS) is 13.1. The molecule has 0 atom stereocenters. The van der Waals surface area contributed by atoms with Crippen molar-refractivity contribution < 1.29 is 13.2 Å². The molecule has 0 spiro atoms. The van der Waals surface area contributed by atoms with E-state index in [0.717, 1.165) is 22.8 Å². The van der Waals surface area contributed by atoms with Gasteiger partial charge >= 0.3 is 0 Å². The Balaban J connectivity index is 1.60. The molecule has 3 aromatic rings. The summed E-state index contributed by atoms with van der Waals surface area (Å²) >= 11 is 0. The van der Waals surface area contributed by atoms with Gasteiger partial charge in [-0.1, -0.05) is 38.1 Å². The van der Waals surface area contributed by atoms with Gasteiger partial charge in [0.2, 0.25) is 15.9 Å². The molecular weight excluding hydrogens is 414 g/mol. The maximum Gasteiger partial charge on any atom is 0.251 e. The first-order chi connectivity index (χ1) is 14.8. The highest BCUT2D eigenvalue weighted by atomic mass is 32.2. The lowest BCUT2D eigenvalue weighted by Crippen LogP contribution is -2.33. The van der Waals surface area contributed by atoms with E-state index in [4.69, 9.17) is 0 Å². The number of nitrogens with one attached hydrogen (secondary N) is 1. The topological polar surface area (TPSA) is 88.5 Å². The lowest BCUT2D eigenvalue weighted by Gasteiger charge is -2.19. The van der Waals surface area contributed by atoms with Crippen molar-refractivity contribution >= 4 is 32.4 Å². The predicted molar refractivity (Wildman–Crippen MR) is 121 cm³/mol. The van der Waals surface area contributed by atoms with Crippen LogP contribution in [-0.2, 0) is 34.2 Å². The molecule has 0 bridgehead atoms. The second-order valence-electron chi connectivity index (χ2n) is 7.58. The first-order valence-corrected chi connectivity index (χ1v) is 11.8. The summed E-state index contributed by atoms with van der Waals surface area (Å²) in [5.74, 6) is -0.391. The molecule has 1 N–H and O–H groups in total. The molecule has 0 aliphatic heterocycles. The third-order valence-corrected chi connectivity index (χ3v) is 7.80. The number of sulfonamides is 1. The number of carbonyl (C=O) groups is 1. The number of hydrogen-bond donors (Lipinski definition) is 1. The third-order valence-electron chi connectivity index (χ3n) is 5.76. The summed E-state index contributed by atoms with van der Waals surface area (Å²) in [6.45, 7) is 3.88. The van der Waals surface area contributed by atoms with Crippen LogP contribution in [0, 0.1) is 0 Å². The fourth-order valence-electron chi connectivity index (χ4n) is 4.20. The number of carbonyl (C=O) groups excluding carboxylic acids is 1. The van der Waals surface area contributed by atoms with Crippen molar-refractivity contribution in [1.29, 1.82) is 0 Å². The summed E-state index contributed by atoms with van der Waals surface area (Å²) in [5.41, 5.74) is 2.80. The van der Waals surface area contributed by atoms with E-state index < -0.39 is 21.5 Å². The molecule has 4 rings (SSSR count). The van der Waals surface area contributed by atoms with Gasteiger partial charge in [0.1, 0.15) is 6.54 Å². The van der Waals surface area contributed by atoms with E-state index in [0.29, 0.717) is 18.8 Å². The third kappa shape index (κ3) is 3.88. The summed E-state index contributed by atoms with van der Waals surface area (Å²) in [4.78, 5) is 25.0. The highest BCUT2D eigenvalue weighted by Gasteiger charge is 2.23. The lowest BCUT2D eigenvalue weighted by molar-refractivity contribution is -0.116. The molecule has 8 heteroatoms. The van der Waals surface area contributed by atoms with Gasteiger partial charge in [0.05, 0.1) is 4.90 Å². The molecule has 1 amide bonds. The van der Waals surface area contributed by atoms with E-state index in [9.17, 15) is 18.0 Å². The van der Waals surface area contributed by atoms with Crippen LogP contribution in [0.1, 0.15) is 25.0 Å². The summed E-state index contributed by atoms with van der Waals surface area (Å²) in [6, 6.07) is 12.4.